The van der Waals surface area contributed by atoms with Crippen LogP contribution < -0.4 is 10.1 Å². The number of benzene rings is 1. The zero-order valence-electron chi connectivity index (χ0n) is 10.3. The molecule has 0 bridgehead atoms. The summed E-state index contributed by atoms with van der Waals surface area (Å²) in [4.78, 5) is 0. The molecule has 1 aromatic rings. The van der Waals surface area contributed by atoms with Crippen molar-refractivity contribution < 1.29 is 23.0 Å². The number of alkyl halides is 3. The molecule has 0 unspecified atom stereocenters. The summed E-state index contributed by atoms with van der Waals surface area (Å²) in [6, 6.07) is 4.54. The maximum atomic E-state index is 12.4. The average Bonchev–Trinajstić information content (AvgIpc) is 2.55. The fourth-order valence-corrected chi connectivity index (χ4v) is 2.03. The van der Waals surface area contributed by atoms with E-state index in [0.29, 0.717) is 25.1 Å². The molecule has 1 heterocycles. The molecule has 1 saturated heterocycles. The standard InChI is InChI=1S/C13H16F3NO2/c14-13(15,16)9-1-3-10(4-2-9)19-12-6-8-17-7-5-11(12)18/h1-4,11-12,17-18H,5-8H2/t11-,12-/m0/s1. The minimum atomic E-state index is -4.34. The van der Waals surface area contributed by atoms with E-state index in [9.17, 15) is 18.3 Å². The van der Waals surface area contributed by atoms with E-state index in [4.69, 9.17) is 4.74 Å². The van der Waals surface area contributed by atoms with Crippen molar-refractivity contribution in [3.63, 3.8) is 0 Å². The van der Waals surface area contributed by atoms with Gasteiger partial charge in [0.2, 0.25) is 0 Å². The molecule has 0 radical (unpaired) electrons. The van der Waals surface area contributed by atoms with Gasteiger partial charge < -0.3 is 15.2 Å². The summed E-state index contributed by atoms with van der Waals surface area (Å²) >= 11 is 0. The third-order valence-electron chi connectivity index (χ3n) is 3.12. The molecular weight excluding hydrogens is 259 g/mol. The Bertz CT molecular complexity index is 405. The van der Waals surface area contributed by atoms with E-state index in [-0.39, 0.29) is 6.10 Å². The fourth-order valence-electron chi connectivity index (χ4n) is 2.03. The lowest BCUT2D eigenvalue weighted by Gasteiger charge is -2.21. The molecule has 0 spiro atoms. The summed E-state index contributed by atoms with van der Waals surface area (Å²) in [5.41, 5.74) is -0.706. The molecule has 106 valence electrons. The largest absolute Gasteiger partial charge is 0.488 e. The number of nitrogens with one attached hydrogen (secondary N) is 1. The molecule has 0 saturated carbocycles. The van der Waals surface area contributed by atoms with Crippen LogP contribution in [0.25, 0.3) is 0 Å². The number of halogens is 3. The summed E-state index contributed by atoms with van der Waals surface area (Å²) in [5, 5.41) is 13.0. The Hall–Kier alpha value is -1.27. The Kier molecular flexibility index (Phi) is 4.31. The third kappa shape index (κ3) is 3.84. The second-order valence-electron chi connectivity index (χ2n) is 4.57. The van der Waals surface area contributed by atoms with Gasteiger partial charge in [0.1, 0.15) is 11.9 Å². The highest BCUT2D eigenvalue weighted by molar-refractivity contribution is 5.29. The number of rotatable bonds is 2. The summed E-state index contributed by atoms with van der Waals surface area (Å²) in [5.74, 6) is 0.346. The second kappa shape index (κ2) is 5.79. The highest BCUT2D eigenvalue weighted by atomic mass is 19.4. The van der Waals surface area contributed by atoms with E-state index in [1.807, 2.05) is 0 Å². The van der Waals surface area contributed by atoms with Crippen LogP contribution in [0.2, 0.25) is 0 Å². The van der Waals surface area contributed by atoms with Crippen molar-refractivity contribution in [3.8, 4) is 5.75 Å². The number of ether oxygens (including phenoxy) is 1. The molecule has 1 fully saturated rings. The Labute approximate surface area is 109 Å². The Morgan fingerprint density at radius 1 is 1.11 bits per heavy atom. The van der Waals surface area contributed by atoms with Crippen LogP contribution in [0.5, 0.6) is 5.75 Å². The maximum Gasteiger partial charge on any atom is 0.416 e. The molecule has 2 rings (SSSR count). The van der Waals surface area contributed by atoms with Crippen LogP contribution in [0.15, 0.2) is 24.3 Å². The van der Waals surface area contributed by atoms with E-state index in [1.54, 1.807) is 0 Å². The number of aliphatic hydroxyl groups is 1. The molecule has 1 aromatic carbocycles. The molecule has 19 heavy (non-hydrogen) atoms. The zero-order valence-corrected chi connectivity index (χ0v) is 10.3. The highest BCUT2D eigenvalue weighted by Crippen LogP contribution is 2.30. The quantitative estimate of drug-likeness (QED) is 0.869. The SMILES string of the molecule is O[C@H]1CCNCC[C@@H]1Oc1ccc(C(F)(F)F)cc1. The van der Waals surface area contributed by atoms with Crippen LogP contribution in [-0.4, -0.2) is 30.4 Å². The highest BCUT2D eigenvalue weighted by Gasteiger charge is 2.30. The molecule has 2 N–H and O–H groups in total. The van der Waals surface area contributed by atoms with E-state index >= 15 is 0 Å². The van der Waals surface area contributed by atoms with Crippen molar-refractivity contribution in [3.05, 3.63) is 29.8 Å². The van der Waals surface area contributed by atoms with Crippen LogP contribution in [0.4, 0.5) is 13.2 Å². The van der Waals surface area contributed by atoms with E-state index in [1.165, 1.54) is 12.1 Å². The molecule has 1 aliphatic heterocycles. The summed E-state index contributed by atoms with van der Waals surface area (Å²) < 4.78 is 42.8. The van der Waals surface area contributed by atoms with Gasteiger partial charge in [0, 0.05) is 0 Å². The number of hydrogen-bond acceptors (Lipinski definition) is 3. The van der Waals surface area contributed by atoms with Crippen molar-refractivity contribution in [2.75, 3.05) is 13.1 Å². The minimum Gasteiger partial charge on any atom is -0.488 e. The van der Waals surface area contributed by atoms with Crippen molar-refractivity contribution in [1.82, 2.24) is 5.32 Å². The van der Waals surface area contributed by atoms with Gasteiger partial charge in [0.05, 0.1) is 11.7 Å². The monoisotopic (exact) mass is 275 g/mol. The van der Waals surface area contributed by atoms with Crippen molar-refractivity contribution in [2.45, 2.75) is 31.2 Å². The van der Waals surface area contributed by atoms with Crippen LogP contribution in [0.1, 0.15) is 18.4 Å². The molecule has 0 aliphatic carbocycles. The first-order chi connectivity index (χ1) is 8.97. The zero-order chi connectivity index (χ0) is 13.9. The Morgan fingerprint density at radius 2 is 1.74 bits per heavy atom. The van der Waals surface area contributed by atoms with Crippen molar-refractivity contribution in [2.24, 2.45) is 0 Å². The molecule has 0 aromatic heterocycles. The Morgan fingerprint density at radius 3 is 2.37 bits per heavy atom. The van der Waals surface area contributed by atoms with Crippen LogP contribution >= 0.6 is 0 Å². The van der Waals surface area contributed by atoms with Gasteiger partial charge in [0.15, 0.2) is 0 Å². The topological polar surface area (TPSA) is 41.5 Å². The van der Waals surface area contributed by atoms with Gasteiger partial charge in [-0.05, 0) is 50.2 Å². The molecule has 6 heteroatoms. The lowest BCUT2D eigenvalue weighted by atomic mass is 10.1. The first-order valence-corrected chi connectivity index (χ1v) is 6.19. The molecule has 1 aliphatic rings. The van der Waals surface area contributed by atoms with Crippen LogP contribution in [0, 0.1) is 0 Å². The molecule has 2 atom stereocenters. The predicted molar refractivity (Wildman–Crippen MR) is 64.0 cm³/mol. The van der Waals surface area contributed by atoms with Gasteiger partial charge in [0.25, 0.3) is 0 Å². The van der Waals surface area contributed by atoms with Crippen LogP contribution in [-0.2, 0) is 6.18 Å². The van der Waals surface area contributed by atoms with Gasteiger partial charge in [-0.1, -0.05) is 0 Å². The average molecular weight is 275 g/mol. The fraction of sp³-hybridized carbons (Fsp3) is 0.538. The summed E-state index contributed by atoms with van der Waals surface area (Å²) in [6.45, 7) is 1.44. The normalized spacial score (nSPS) is 24.8. The van der Waals surface area contributed by atoms with E-state index < -0.39 is 17.8 Å². The van der Waals surface area contributed by atoms with Crippen molar-refractivity contribution in [1.29, 1.82) is 0 Å². The molecule has 0 amide bonds. The first-order valence-electron chi connectivity index (χ1n) is 6.19. The predicted octanol–water partition coefficient (Wildman–Crippen LogP) is 2.20. The molecule has 3 nitrogen and oxygen atoms in total. The van der Waals surface area contributed by atoms with Gasteiger partial charge in [-0.25, -0.2) is 0 Å². The number of aliphatic hydroxyl groups excluding tert-OH is 1. The van der Waals surface area contributed by atoms with Crippen LogP contribution in [0.3, 0.4) is 0 Å². The third-order valence-corrected chi connectivity index (χ3v) is 3.12. The van der Waals surface area contributed by atoms with Crippen molar-refractivity contribution >= 4 is 0 Å². The number of hydrogen-bond donors (Lipinski definition) is 2. The smallest absolute Gasteiger partial charge is 0.416 e. The van der Waals surface area contributed by atoms with E-state index in [2.05, 4.69) is 5.32 Å². The van der Waals surface area contributed by atoms with Gasteiger partial charge >= 0.3 is 6.18 Å². The summed E-state index contributed by atoms with van der Waals surface area (Å²) in [6.07, 6.45) is -4.12. The van der Waals surface area contributed by atoms with Gasteiger partial charge in [-0.3, -0.25) is 0 Å². The molecular formula is C13H16F3NO2. The second-order valence-corrected chi connectivity index (χ2v) is 4.57. The Balaban J connectivity index is 2.02. The lowest BCUT2D eigenvalue weighted by Crippen LogP contribution is -2.31. The summed E-state index contributed by atoms with van der Waals surface area (Å²) in [7, 11) is 0. The van der Waals surface area contributed by atoms with Gasteiger partial charge in [-0.2, -0.15) is 13.2 Å². The maximum absolute atomic E-state index is 12.4. The van der Waals surface area contributed by atoms with E-state index in [0.717, 1.165) is 18.7 Å². The lowest BCUT2D eigenvalue weighted by molar-refractivity contribution is -0.137. The van der Waals surface area contributed by atoms with Gasteiger partial charge in [-0.15, -0.1) is 0 Å². The minimum absolute atomic E-state index is 0.346. The first kappa shape index (κ1) is 14.1.